The zero-order chi connectivity index (χ0) is 17.2. The van der Waals surface area contributed by atoms with Crippen LogP contribution < -0.4 is 4.90 Å². The smallest absolute Gasteiger partial charge is 0.234 e. The standard InChI is InChI=1S/C19H19N5S.ClH/c1-23(2)16-11-9-15(10-12-16)18-20-21-19-24(18)22-17(25-19)13-8-14-6-4-3-5-7-14;/h3-7,9-12H,8,13H2,1-2H3;1H. The van der Waals surface area contributed by atoms with Crippen LogP contribution in [-0.4, -0.2) is 33.9 Å². The van der Waals surface area contributed by atoms with Crippen LogP contribution in [0.15, 0.2) is 54.6 Å². The molecule has 2 aromatic heterocycles. The van der Waals surface area contributed by atoms with Crippen LogP contribution in [-0.2, 0) is 12.8 Å². The Morgan fingerprint density at radius 1 is 0.923 bits per heavy atom. The number of fused-ring (bicyclic) bond motifs is 1. The number of aromatic nitrogens is 4. The average molecular weight is 386 g/mol. The Morgan fingerprint density at radius 3 is 2.35 bits per heavy atom. The van der Waals surface area contributed by atoms with Crippen molar-refractivity contribution in [3.63, 3.8) is 0 Å². The highest BCUT2D eigenvalue weighted by molar-refractivity contribution is 7.16. The normalized spacial score (nSPS) is 10.7. The van der Waals surface area contributed by atoms with Gasteiger partial charge >= 0.3 is 0 Å². The first-order valence-corrected chi connectivity index (χ1v) is 9.05. The van der Waals surface area contributed by atoms with Crippen molar-refractivity contribution in [3.05, 3.63) is 65.2 Å². The van der Waals surface area contributed by atoms with Crippen LogP contribution in [0.3, 0.4) is 0 Å². The fraction of sp³-hybridized carbons (Fsp3) is 0.211. The molecule has 0 aliphatic heterocycles. The first-order chi connectivity index (χ1) is 12.2. The van der Waals surface area contributed by atoms with Gasteiger partial charge in [0.1, 0.15) is 5.01 Å². The molecule has 5 nitrogen and oxygen atoms in total. The number of aryl methyl sites for hydroxylation is 2. The lowest BCUT2D eigenvalue weighted by atomic mass is 10.1. The third-order valence-electron chi connectivity index (χ3n) is 4.14. The summed E-state index contributed by atoms with van der Waals surface area (Å²) < 4.78 is 1.86. The molecule has 4 rings (SSSR count). The van der Waals surface area contributed by atoms with Crippen molar-refractivity contribution in [2.45, 2.75) is 12.8 Å². The van der Waals surface area contributed by atoms with E-state index in [1.165, 1.54) is 5.56 Å². The van der Waals surface area contributed by atoms with Gasteiger partial charge in [-0.1, -0.05) is 41.7 Å². The van der Waals surface area contributed by atoms with Crippen LogP contribution in [0.1, 0.15) is 10.6 Å². The summed E-state index contributed by atoms with van der Waals surface area (Å²) in [6.45, 7) is 0. The van der Waals surface area contributed by atoms with Crippen LogP contribution in [0.2, 0.25) is 0 Å². The van der Waals surface area contributed by atoms with Gasteiger partial charge in [0.15, 0.2) is 5.82 Å². The van der Waals surface area contributed by atoms with Crippen molar-refractivity contribution in [3.8, 4) is 11.4 Å². The number of benzene rings is 2. The van der Waals surface area contributed by atoms with Gasteiger partial charge in [0.25, 0.3) is 0 Å². The molecule has 0 saturated carbocycles. The third kappa shape index (κ3) is 3.71. The molecular formula is C19H20ClN5S. The Bertz CT molecular complexity index is 976. The van der Waals surface area contributed by atoms with Gasteiger partial charge in [0, 0.05) is 31.8 Å². The van der Waals surface area contributed by atoms with Crippen LogP contribution in [0.5, 0.6) is 0 Å². The summed E-state index contributed by atoms with van der Waals surface area (Å²) in [5, 5.41) is 14.4. The van der Waals surface area contributed by atoms with Gasteiger partial charge in [-0.05, 0) is 36.2 Å². The second kappa shape index (κ2) is 7.85. The van der Waals surface area contributed by atoms with E-state index in [1.807, 2.05) is 24.7 Å². The van der Waals surface area contributed by atoms with E-state index < -0.39 is 0 Å². The zero-order valence-corrected chi connectivity index (χ0v) is 16.3. The maximum Gasteiger partial charge on any atom is 0.234 e. The Kier molecular flexibility index (Phi) is 5.54. The zero-order valence-electron chi connectivity index (χ0n) is 14.7. The lowest BCUT2D eigenvalue weighted by molar-refractivity contribution is 0.865. The molecule has 0 aliphatic carbocycles. The molecule has 2 heterocycles. The predicted octanol–water partition coefficient (Wildman–Crippen LogP) is 4.13. The summed E-state index contributed by atoms with van der Waals surface area (Å²) >= 11 is 1.61. The van der Waals surface area contributed by atoms with Crippen LogP contribution in [0.4, 0.5) is 5.69 Å². The van der Waals surface area contributed by atoms with Crippen LogP contribution in [0, 0.1) is 0 Å². The predicted molar refractivity (Wildman–Crippen MR) is 110 cm³/mol. The fourth-order valence-electron chi connectivity index (χ4n) is 2.74. The van der Waals surface area contributed by atoms with Crippen molar-refractivity contribution in [2.24, 2.45) is 0 Å². The largest absolute Gasteiger partial charge is 0.378 e. The van der Waals surface area contributed by atoms with Gasteiger partial charge in [-0.25, -0.2) is 0 Å². The van der Waals surface area contributed by atoms with E-state index in [-0.39, 0.29) is 12.4 Å². The first-order valence-electron chi connectivity index (χ1n) is 8.23. The number of hydrogen-bond donors (Lipinski definition) is 0. The van der Waals surface area contributed by atoms with E-state index in [1.54, 1.807) is 11.3 Å². The molecule has 134 valence electrons. The molecule has 0 bridgehead atoms. The highest BCUT2D eigenvalue weighted by atomic mass is 35.5. The van der Waals surface area contributed by atoms with Crippen molar-refractivity contribution >= 4 is 34.4 Å². The summed E-state index contributed by atoms with van der Waals surface area (Å²) in [7, 11) is 4.06. The number of nitrogens with zero attached hydrogens (tertiary/aromatic N) is 5. The first kappa shape index (κ1) is 18.4. The summed E-state index contributed by atoms with van der Waals surface area (Å²) in [6, 6.07) is 18.8. The van der Waals surface area contributed by atoms with Gasteiger partial charge in [-0.2, -0.15) is 9.61 Å². The second-order valence-electron chi connectivity index (χ2n) is 6.14. The molecule has 0 spiro atoms. The Balaban J connectivity index is 0.00000196. The van der Waals surface area contributed by atoms with Crippen molar-refractivity contribution < 1.29 is 0 Å². The fourth-order valence-corrected chi connectivity index (χ4v) is 3.57. The molecule has 0 atom stereocenters. The molecular weight excluding hydrogens is 366 g/mol. The van der Waals surface area contributed by atoms with Crippen molar-refractivity contribution in [1.29, 1.82) is 0 Å². The lowest BCUT2D eigenvalue weighted by Gasteiger charge is -2.11. The van der Waals surface area contributed by atoms with Gasteiger partial charge in [0.05, 0.1) is 0 Å². The summed E-state index contributed by atoms with van der Waals surface area (Å²) in [5.41, 5.74) is 3.51. The van der Waals surface area contributed by atoms with E-state index in [0.29, 0.717) is 0 Å². The highest BCUT2D eigenvalue weighted by Gasteiger charge is 2.13. The average Bonchev–Trinajstić information content (AvgIpc) is 3.21. The topological polar surface area (TPSA) is 46.3 Å². The van der Waals surface area contributed by atoms with Gasteiger partial charge < -0.3 is 4.90 Å². The minimum Gasteiger partial charge on any atom is -0.378 e. The van der Waals surface area contributed by atoms with Crippen LogP contribution in [0.25, 0.3) is 16.3 Å². The molecule has 0 amide bonds. The highest BCUT2D eigenvalue weighted by Crippen LogP contribution is 2.24. The maximum absolute atomic E-state index is 4.72. The molecule has 0 saturated heterocycles. The second-order valence-corrected chi connectivity index (χ2v) is 7.18. The van der Waals surface area contributed by atoms with Gasteiger partial charge in [-0.15, -0.1) is 22.6 Å². The summed E-state index contributed by atoms with van der Waals surface area (Å²) in [4.78, 5) is 2.92. The molecule has 0 fully saturated rings. The summed E-state index contributed by atoms with van der Waals surface area (Å²) in [6.07, 6.45) is 1.90. The molecule has 4 aromatic rings. The van der Waals surface area contributed by atoms with Gasteiger partial charge in [-0.3, -0.25) is 0 Å². The molecule has 0 radical (unpaired) electrons. The van der Waals surface area contributed by atoms with E-state index >= 15 is 0 Å². The maximum atomic E-state index is 4.72. The van der Waals surface area contributed by atoms with E-state index in [9.17, 15) is 0 Å². The quantitative estimate of drug-likeness (QED) is 0.518. The van der Waals surface area contributed by atoms with Crippen molar-refractivity contribution in [2.75, 3.05) is 19.0 Å². The monoisotopic (exact) mass is 385 g/mol. The minimum atomic E-state index is 0. The lowest BCUT2D eigenvalue weighted by Crippen LogP contribution is -2.08. The molecule has 2 aromatic carbocycles. The minimum absolute atomic E-state index is 0. The number of rotatable bonds is 5. The summed E-state index contributed by atoms with van der Waals surface area (Å²) in [5.74, 6) is 0.794. The molecule has 0 unspecified atom stereocenters. The Labute approximate surface area is 162 Å². The molecule has 7 heteroatoms. The van der Waals surface area contributed by atoms with E-state index in [2.05, 4.69) is 63.6 Å². The van der Waals surface area contributed by atoms with Crippen molar-refractivity contribution in [1.82, 2.24) is 19.8 Å². The molecule has 0 N–H and O–H groups in total. The van der Waals surface area contributed by atoms with Gasteiger partial charge in [0.2, 0.25) is 4.96 Å². The number of halogens is 1. The molecule has 0 aliphatic rings. The van der Waals surface area contributed by atoms with E-state index in [4.69, 9.17) is 5.10 Å². The number of anilines is 1. The van der Waals surface area contributed by atoms with E-state index in [0.717, 1.165) is 39.9 Å². The SMILES string of the molecule is CN(C)c1ccc(-c2nnc3sc(CCc4ccccc4)nn23)cc1.Cl. The Morgan fingerprint density at radius 2 is 1.65 bits per heavy atom. The Hall–Kier alpha value is -2.44. The third-order valence-corrected chi connectivity index (χ3v) is 5.10. The number of hydrogen-bond acceptors (Lipinski definition) is 5. The molecule has 26 heavy (non-hydrogen) atoms. The van der Waals surface area contributed by atoms with Crippen LogP contribution >= 0.6 is 23.7 Å².